The van der Waals surface area contributed by atoms with Gasteiger partial charge in [0.15, 0.2) is 0 Å². The SMILES string of the molecule is CCCCc1cc(-c2ccc(-c3ccc([Si](C)(C)C)cc3)cc2)c(CCCC)cc1-c1ccc(-c2ccc([Si](C)C)cc2)cc1. The molecule has 231 valence electrons. The van der Waals surface area contributed by atoms with Crippen LogP contribution in [0.15, 0.2) is 109 Å². The van der Waals surface area contributed by atoms with Crippen LogP contribution in [0.4, 0.5) is 0 Å². The first-order chi connectivity index (χ1) is 21.7. The van der Waals surface area contributed by atoms with Gasteiger partial charge < -0.3 is 0 Å². The maximum Gasteiger partial charge on any atom is 0.0791 e. The highest BCUT2D eigenvalue weighted by Crippen LogP contribution is 2.36. The number of aryl methyl sites for hydroxylation is 2. The molecule has 0 saturated heterocycles. The van der Waals surface area contributed by atoms with Crippen LogP contribution >= 0.6 is 0 Å². The molecule has 0 nitrogen and oxygen atoms in total. The van der Waals surface area contributed by atoms with E-state index in [1.54, 1.807) is 0 Å². The van der Waals surface area contributed by atoms with Crippen molar-refractivity contribution in [1.29, 1.82) is 0 Å². The molecule has 0 unspecified atom stereocenters. The Kier molecular flexibility index (Phi) is 10.8. The van der Waals surface area contributed by atoms with E-state index < -0.39 is 16.9 Å². The molecule has 5 aromatic carbocycles. The quantitative estimate of drug-likeness (QED) is 0.121. The molecule has 0 aliphatic rings. The molecule has 5 rings (SSSR count). The second-order valence-electron chi connectivity index (χ2n) is 13.9. The van der Waals surface area contributed by atoms with E-state index in [0.29, 0.717) is 0 Å². The summed E-state index contributed by atoms with van der Waals surface area (Å²) >= 11 is 0. The lowest BCUT2D eigenvalue weighted by Crippen LogP contribution is -2.37. The maximum absolute atomic E-state index is 2.52. The van der Waals surface area contributed by atoms with E-state index in [0.717, 1.165) is 12.8 Å². The highest BCUT2D eigenvalue weighted by atomic mass is 28.3. The standard InChI is InChI=1S/C43H51Si2/c1-8-10-12-38-31-43(37-20-16-33(17-21-37)35-24-28-41(29-25-35)45(5,6)7)39(13-11-9-2)30-42(38)36-18-14-32(15-19-36)34-22-26-40(27-23-34)44(3)4/h14-31H,8-13H2,1-7H3. The molecule has 0 aliphatic heterocycles. The van der Waals surface area contributed by atoms with Crippen LogP contribution in [0, 0.1) is 0 Å². The van der Waals surface area contributed by atoms with E-state index in [4.69, 9.17) is 0 Å². The van der Waals surface area contributed by atoms with Crippen LogP contribution in [0.1, 0.15) is 50.7 Å². The molecule has 2 heteroatoms. The molecule has 0 saturated carbocycles. The molecular weight excluding hydrogens is 573 g/mol. The first-order valence-corrected chi connectivity index (χ1v) is 23.1. The Morgan fingerprint density at radius 1 is 0.467 bits per heavy atom. The van der Waals surface area contributed by atoms with Crippen molar-refractivity contribution in [2.75, 3.05) is 0 Å². The van der Waals surface area contributed by atoms with Gasteiger partial charge in [-0.2, -0.15) is 0 Å². The van der Waals surface area contributed by atoms with Gasteiger partial charge in [0.25, 0.3) is 0 Å². The van der Waals surface area contributed by atoms with Gasteiger partial charge in [-0.1, -0.05) is 179 Å². The third-order valence-electron chi connectivity index (χ3n) is 9.20. The van der Waals surface area contributed by atoms with Crippen LogP contribution in [0.2, 0.25) is 32.7 Å². The molecule has 0 N–H and O–H groups in total. The Hall–Kier alpha value is -3.47. The highest BCUT2D eigenvalue weighted by molar-refractivity contribution is 6.88. The average Bonchev–Trinajstić information content (AvgIpc) is 3.06. The first-order valence-electron chi connectivity index (χ1n) is 17.1. The van der Waals surface area contributed by atoms with Crippen molar-refractivity contribution in [1.82, 2.24) is 0 Å². The molecule has 0 fully saturated rings. The van der Waals surface area contributed by atoms with E-state index in [1.807, 2.05) is 0 Å². The number of hydrogen-bond acceptors (Lipinski definition) is 0. The van der Waals surface area contributed by atoms with Crippen molar-refractivity contribution < 1.29 is 0 Å². The molecule has 0 aromatic heterocycles. The summed E-state index contributed by atoms with van der Waals surface area (Å²) in [6, 6.07) is 42.2. The van der Waals surface area contributed by atoms with Gasteiger partial charge in [0.2, 0.25) is 0 Å². The van der Waals surface area contributed by atoms with Crippen LogP contribution in [0.5, 0.6) is 0 Å². The predicted molar refractivity (Wildman–Crippen MR) is 206 cm³/mol. The fourth-order valence-electron chi connectivity index (χ4n) is 6.22. The minimum Gasteiger partial charge on any atom is -0.0671 e. The molecular formula is C43H51Si2. The average molecular weight is 624 g/mol. The van der Waals surface area contributed by atoms with Crippen LogP contribution in [-0.4, -0.2) is 16.9 Å². The normalized spacial score (nSPS) is 11.7. The van der Waals surface area contributed by atoms with E-state index in [-0.39, 0.29) is 0 Å². The van der Waals surface area contributed by atoms with Crippen molar-refractivity contribution in [2.45, 2.75) is 85.1 Å². The Labute approximate surface area is 276 Å². The molecule has 0 aliphatic carbocycles. The molecule has 0 spiro atoms. The third kappa shape index (κ3) is 8.04. The number of hydrogen-bond donors (Lipinski definition) is 0. The monoisotopic (exact) mass is 623 g/mol. The summed E-state index contributed by atoms with van der Waals surface area (Å²) in [5, 5.41) is 3.01. The van der Waals surface area contributed by atoms with Gasteiger partial charge in [0.05, 0.1) is 16.9 Å². The zero-order valence-electron chi connectivity index (χ0n) is 28.6. The molecule has 1 radical (unpaired) electrons. The summed E-state index contributed by atoms with van der Waals surface area (Å²) in [7, 11) is -1.71. The van der Waals surface area contributed by atoms with Gasteiger partial charge in [0.1, 0.15) is 0 Å². The van der Waals surface area contributed by atoms with Crippen molar-refractivity contribution in [2.24, 2.45) is 0 Å². The Morgan fingerprint density at radius 3 is 1.13 bits per heavy atom. The van der Waals surface area contributed by atoms with Gasteiger partial charge >= 0.3 is 0 Å². The first kappa shape index (κ1) is 32.9. The fraction of sp³-hybridized carbons (Fsp3) is 0.302. The van der Waals surface area contributed by atoms with Gasteiger partial charge in [-0.05, 0) is 81.3 Å². The zero-order valence-corrected chi connectivity index (χ0v) is 30.6. The van der Waals surface area contributed by atoms with Gasteiger partial charge in [-0.15, -0.1) is 0 Å². The number of rotatable bonds is 12. The van der Waals surface area contributed by atoms with Gasteiger partial charge in [-0.3, -0.25) is 0 Å². The Morgan fingerprint density at radius 2 is 0.800 bits per heavy atom. The summed E-state index contributed by atoms with van der Waals surface area (Å²) in [5.74, 6) is 0. The van der Waals surface area contributed by atoms with Crippen molar-refractivity contribution in [3.63, 3.8) is 0 Å². The van der Waals surface area contributed by atoms with Crippen LogP contribution in [0.25, 0.3) is 44.5 Å². The molecule has 5 aromatic rings. The third-order valence-corrected chi connectivity index (χ3v) is 12.8. The highest BCUT2D eigenvalue weighted by Gasteiger charge is 2.17. The number of benzene rings is 5. The second kappa shape index (κ2) is 14.8. The lowest BCUT2D eigenvalue weighted by atomic mass is 9.86. The number of unbranched alkanes of at least 4 members (excludes halogenated alkanes) is 2. The van der Waals surface area contributed by atoms with Crippen molar-refractivity contribution in [3.05, 3.63) is 120 Å². The lowest BCUT2D eigenvalue weighted by Gasteiger charge is -2.18. The van der Waals surface area contributed by atoms with Gasteiger partial charge in [-0.25, -0.2) is 0 Å². The minimum atomic E-state index is -1.30. The Bertz CT molecular complexity index is 1670. The lowest BCUT2D eigenvalue weighted by molar-refractivity contribution is 0.788. The zero-order chi connectivity index (χ0) is 32.0. The molecule has 45 heavy (non-hydrogen) atoms. The van der Waals surface area contributed by atoms with E-state index >= 15 is 0 Å². The fourth-order valence-corrected chi connectivity index (χ4v) is 8.22. The molecule has 0 amide bonds. The summed E-state index contributed by atoms with van der Waals surface area (Å²) in [4.78, 5) is 0. The van der Waals surface area contributed by atoms with Crippen LogP contribution < -0.4 is 10.4 Å². The van der Waals surface area contributed by atoms with Crippen LogP contribution in [-0.2, 0) is 12.8 Å². The van der Waals surface area contributed by atoms with E-state index in [9.17, 15) is 0 Å². The topological polar surface area (TPSA) is 0 Å². The van der Waals surface area contributed by atoms with Crippen molar-refractivity contribution >= 4 is 27.2 Å². The van der Waals surface area contributed by atoms with Crippen LogP contribution in [0.3, 0.4) is 0 Å². The smallest absolute Gasteiger partial charge is 0.0671 e. The molecule has 0 heterocycles. The van der Waals surface area contributed by atoms with E-state index in [2.05, 4.69) is 156 Å². The summed E-state index contributed by atoms with van der Waals surface area (Å²) < 4.78 is 0. The predicted octanol–water partition coefficient (Wildman–Crippen LogP) is 11.5. The van der Waals surface area contributed by atoms with E-state index in [1.165, 1.54) is 91.7 Å². The van der Waals surface area contributed by atoms with Crippen molar-refractivity contribution in [3.8, 4) is 44.5 Å². The second-order valence-corrected chi connectivity index (χ2v) is 21.6. The Balaban J connectivity index is 1.49. The summed E-state index contributed by atoms with van der Waals surface area (Å²) in [5.41, 5.74) is 13.6. The molecule has 0 atom stereocenters. The minimum absolute atomic E-state index is 0.419. The largest absolute Gasteiger partial charge is 0.0791 e. The summed E-state index contributed by atoms with van der Waals surface area (Å²) in [6.07, 6.45) is 7.02. The summed E-state index contributed by atoms with van der Waals surface area (Å²) in [6.45, 7) is 16.5. The maximum atomic E-state index is 2.52. The molecule has 0 bridgehead atoms. The van der Waals surface area contributed by atoms with Gasteiger partial charge in [0, 0.05) is 0 Å².